The van der Waals surface area contributed by atoms with Gasteiger partial charge in [-0.05, 0) is 109 Å². The Labute approximate surface area is 325 Å². The summed E-state index contributed by atoms with van der Waals surface area (Å²) in [6.07, 6.45) is 0. The SMILES string of the molecule is c1ccc(-c2ccccc2N(c2ccc(-c3ccc(-c4ccc5c6ccccc6c6ccccc6c5c4)cc3)cc2)c2ccc3oc4ccccc4c3c2)cc1. The molecule has 56 heavy (non-hydrogen) atoms. The number of benzene rings is 10. The lowest BCUT2D eigenvalue weighted by atomic mass is 9.92. The van der Waals surface area contributed by atoms with Gasteiger partial charge in [-0.1, -0.05) is 164 Å². The molecular formula is C54H35NO. The number of rotatable bonds is 6. The van der Waals surface area contributed by atoms with E-state index in [4.69, 9.17) is 4.42 Å². The maximum absolute atomic E-state index is 6.23. The lowest BCUT2D eigenvalue weighted by Gasteiger charge is -2.28. The molecule has 0 aliphatic carbocycles. The minimum absolute atomic E-state index is 0.885. The summed E-state index contributed by atoms with van der Waals surface area (Å²) < 4.78 is 6.23. The van der Waals surface area contributed by atoms with Gasteiger partial charge in [0.1, 0.15) is 11.2 Å². The number of anilines is 3. The molecule has 2 heteroatoms. The quantitative estimate of drug-likeness (QED) is 0.160. The van der Waals surface area contributed by atoms with Gasteiger partial charge in [-0.15, -0.1) is 0 Å². The molecule has 11 aromatic rings. The topological polar surface area (TPSA) is 16.4 Å². The van der Waals surface area contributed by atoms with Crippen LogP contribution in [0.15, 0.2) is 217 Å². The maximum atomic E-state index is 6.23. The molecule has 0 spiro atoms. The van der Waals surface area contributed by atoms with Gasteiger partial charge in [0.05, 0.1) is 5.69 Å². The van der Waals surface area contributed by atoms with Crippen LogP contribution in [0.4, 0.5) is 17.1 Å². The lowest BCUT2D eigenvalue weighted by Crippen LogP contribution is -2.11. The van der Waals surface area contributed by atoms with Gasteiger partial charge < -0.3 is 9.32 Å². The van der Waals surface area contributed by atoms with Crippen molar-refractivity contribution in [2.75, 3.05) is 4.90 Å². The zero-order valence-corrected chi connectivity index (χ0v) is 30.6. The predicted molar refractivity (Wildman–Crippen MR) is 237 cm³/mol. The van der Waals surface area contributed by atoms with E-state index in [0.29, 0.717) is 0 Å². The van der Waals surface area contributed by atoms with Gasteiger partial charge in [0.15, 0.2) is 0 Å². The normalized spacial score (nSPS) is 11.6. The lowest BCUT2D eigenvalue weighted by molar-refractivity contribution is 0.669. The molecule has 0 fully saturated rings. The number of hydrogen-bond donors (Lipinski definition) is 0. The second kappa shape index (κ2) is 13.2. The van der Waals surface area contributed by atoms with Gasteiger partial charge >= 0.3 is 0 Å². The summed E-state index contributed by atoms with van der Waals surface area (Å²) in [5.41, 5.74) is 12.2. The molecule has 11 rings (SSSR count). The predicted octanol–water partition coefficient (Wildman–Crippen LogP) is 15.5. The third kappa shape index (κ3) is 5.34. The molecule has 10 aromatic carbocycles. The van der Waals surface area contributed by atoms with Gasteiger partial charge in [-0.25, -0.2) is 0 Å². The summed E-state index contributed by atoms with van der Waals surface area (Å²) in [4.78, 5) is 2.36. The summed E-state index contributed by atoms with van der Waals surface area (Å²) in [7, 11) is 0. The van der Waals surface area contributed by atoms with Gasteiger partial charge in [-0.2, -0.15) is 0 Å². The van der Waals surface area contributed by atoms with E-state index in [9.17, 15) is 0 Å². The van der Waals surface area contributed by atoms with Gasteiger partial charge in [0.2, 0.25) is 0 Å². The van der Waals surface area contributed by atoms with Crippen LogP contribution >= 0.6 is 0 Å². The van der Waals surface area contributed by atoms with Gasteiger partial charge in [0.25, 0.3) is 0 Å². The molecule has 0 amide bonds. The number of furan rings is 1. The Balaban J connectivity index is 0.975. The molecule has 2 nitrogen and oxygen atoms in total. The Hall–Kier alpha value is -7.42. The van der Waals surface area contributed by atoms with Crippen LogP contribution in [0.2, 0.25) is 0 Å². The van der Waals surface area contributed by atoms with E-state index in [-0.39, 0.29) is 0 Å². The number of hydrogen-bond acceptors (Lipinski definition) is 2. The first-order chi connectivity index (χ1) is 27.8. The minimum Gasteiger partial charge on any atom is -0.456 e. The largest absolute Gasteiger partial charge is 0.456 e. The van der Waals surface area contributed by atoms with E-state index in [1.54, 1.807) is 0 Å². The summed E-state index contributed by atoms with van der Waals surface area (Å²) in [5, 5.41) is 9.98. The number of fused-ring (bicyclic) bond motifs is 9. The zero-order chi connectivity index (χ0) is 37.0. The average molecular weight is 714 g/mol. The van der Waals surface area contributed by atoms with Crippen LogP contribution < -0.4 is 4.90 Å². The van der Waals surface area contributed by atoms with Crippen LogP contribution in [0.5, 0.6) is 0 Å². The molecule has 0 aliphatic rings. The maximum Gasteiger partial charge on any atom is 0.135 e. The fourth-order valence-corrected chi connectivity index (χ4v) is 8.56. The van der Waals surface area contributed by atoms with Crippen molar-refractivity contribution in [3.05, 3.63) is 212 Å². The van der Waals surface area contributed by atoms with Crippen LogP contribution in [0.25, 0.3) is 87.6 Å². The number of para-hydroxylation sites is 2. The van der Waals surface area contributed by atoms with Crippen LogP contribution in [-0.4, -0.2) is 0 Å². The van der Waals surface area contributed by atoms with Crippen LogP contribution in [-0.2, 0) is 0 Å². The average Bonchev–Trinajstić information content (AvgIpc) is 3.65. The monoisotopic (exact) mass is 713 g/mol. The molecule has 1 aromatic heterocycles. The Morgan fingerprint density at radius 1 is 0.268 bits per heavy atom. The van der Waals surface area contributed by atoms with Crippen molar-refractivity contribution in [2.45, 2.75) is 0 Å². The molecule has 0 aliphatic heterocycles. The zero-order valence-electron chi connectivity index (χ0n) is 30.6. The Kier molecular flexibility index (Phi) is 7.53. The van der Waals surface area contributed by atoms with Crippen molar-refractivity contribution in [2.24, 2.45) is 0 Å². The van der Waals surface area contributed by atoms with Crippen molar-refractivity contribution >= 4 is 71.3 Å². The standard InChI is InChI=1S/C54H35NO/c1-2-12-39(13-3-1)43-14-8-10-20-52(43)55(42-31-33-54-51(35-42)49-19-9-11-21-53(49)56-54)41-29-26-37(27-30-41)36-22-24-38(25-23-36)40-28-32-48-46-17-5-4-15-44(46)45-16-6-7-18-47(45)50(48)34-40/h1-35H. The summed E-state index contributed by atoms with van der Waals surface area (Å²) in [6.45, 7) is 0. The Morgan fingerprint density at radius 3 is 1.45 bits per heavy atom. The van der Waals surface area contributed by atoms with E-state index in [2.05, 4.69) is 205 Å². The molecule has 0 radical (unpaired) electrons. The van der Waals surface area contributed by atoms with Gasteiger partial charge in [0, 0.05) is 27.7 Å². The molecule has 0 saturated heterocycles. The summed E-state index contributed by atoms with van der Waals surface area (Å²) in [5.74, 6) is 0. The fraction of sp³-hybridized carbons (Fsp3) is 0. The highest BCUT2D eigenvalue weighted by atomic mass is 16.3. The highest BCUT2D eigenvalue weighted by Crippen LogP contribution is 2.43. The summed E-state index contributed by atoms with van der Waals surface area (Å²) >= 11 is 0. The molecule has 0 bridgehead atoms. The van der Waals surface area contributed by atoms with E-state index < -0.39 is 0 Å². The minimum atomic E-state index is 0.885. The molecule has 262 valence electrons. The van der Waals surface area contributed by atoms with E-state index in [0.717, 1.165) is 39.0 Å². The van der Waals surface area contributed by atoms with E-state index in [1.165, 1.54) is 65.7 Å². The summed E-state index contributed by atoms with van der Waals surface area (Å²) in [6, 6.07) is 76.4. The first kappa shape index (κ1) is 32.0. The van der Waals surface area contributed by atoms with Crippen molar-refractivity contribution < 1.29 is 4.42 Å². The molecule has 0 unspecified atom stereocenters. The second-order valence-electron chi connectivity index (χ2n) is 14.5. The third-order valence-corrected chi connectivity index (χ3v) is 11.3. The first-order valence-electron chi connectivity index (χ1n) is 19.2. The highest BCUT2D eigenvalue weighted by Gasteiger charge is 2.19. The van der Waals surface area contributed by atoms with E-state index >= 15 is 0 Å². The highest BCUT2D eigenvalue weighted by molar-refractivity contribution is 6.25. The van der Waals surface area contributed by atoms with Crippen molar-refractivity contribution in [3.63, 3.8) is 0 Å². The van der Waals surface area contributed by atoms with Crippen LogP contribution in [0, 0.1) is 0 Å². The third-order valence-electron chi connectivity index (χ3n) is 11.3. The van der Waals surface area contributed by atoms with Crippen LogP contribution in [0.1, 0.15) is 0 Å². The molecule has 0 N–H and O–H groups in total. The molecule has 1 heterocycles. The molecule has 0 atom stereocenters. The van der Waals surface area contributed by atoms with Crippen LogP contribution in [0.3, 0.4) is 0 Å². The fourth-order valence-electron chi connectivity index (χ4n) is 8.56. The molecular weight excluding hydrogens is 679 g/mol. The van der Waals surface area contributed by atoms with E-state index in [1.807, 2.05) is 12.1 Å². The Morgan fingerprint density at radius 2 is 0.750 bits per heavy atom. The van der Waals surface area contributed by atoms with Gasteiger partial charge in [-0.3, -0.25) is 0 Å². The first-order valence-corrected chi connectivity index (χ1v) is 19.2. The van der Waals surface area contributed by atoms with Crippen molar-refractivity contribution in [1.82, 2.24) is 0 Å². The van der Waals surface area contributed by atoms with Crippen molar-refractivity contribution in [1.29, 1.82) is 0 Å². The second-order valence-corrected chi connectivity index (χ2v) is 14.5. The molecule has 0 saturated carbocycles. The smallest absolute Gasteiger partial charge is 0.135 e. The Bertz CT molecular complexity index is 3200. The number of nitrogens with zero attached hydrogens (tertiary/aromatic N) is 1. The van der Waals surface area contributed by atoms with Crippen molar-refractivity contribution in [3.8, 4) is 33.4 Å².